The lowest BCUT2D eigenvalue weighted by Gasteiger charge is -2.07. The van der Waals surface area contributed by atoms with Gasteiger partial charge in [-0.3, -0.25) is 0 Å². The SMILES string of the molecule is CC(C)OCCCCNCCS(N)(=O)=O. The third-order valence-electron chi connectivity index (χ3n) is 1.76. The lowest BCUT2D eigenvalue weighted by Crippen LogP contribution is -2.27. The van der Waals surface area contributed by atoms with Crippen LogP contribution in [0.3, 0.4) is 0 Å². The Labute approximate surface area is 92.4 Å². The Morgan fingerprint density at radius 2 is 1.93 bits per heavy atom. The summed E-state index contributed by atoms with van der Waals surface area (Å²) >= 11 is 0. The molecule has 0 unspecified atom stereocenters. The molecule has 0 amide bonds. The Kier molecular flexibility index (Phi) is 7.95. The Morgan fingerprint density at radius 1 is 1.27 bits per heavy atom. The van der Waals surface area contributed by atoms with Gasteiger partial charge in [-0.2, -0.15) is 0 Å². The molecule has 0 heterocycles. The van der Waals surface area contributed by atoms with Gasteiger partial charge < -0.3 is 10.1 Å². The fraction of sp³-hybridized carbons (Fsp3) is 1.00. The number of nitrogens with one attached hydrogen (secondary N) is 1. The molecule has 0 saturated heterocycles. The maximum Gasteiger partial charge on any atom is 0.210 e. The van der Waals surface area contributed by atoms with E-state index in [-0.39, 0.29) is 11.9 Å². The molecule has 0 aromatic carbocycles. The van der Waals surface area contributed by atoms with Gasteiger partial charge in [-0.15, -0.1) is 0 Å². The zero-order valence-electron chi connectivity index (χ0n) is 9.53. The van der Waals surface area contributed by atoms with Crippen LogP contribution in [0.1, 0.15) is 26.7 Å². The van der Waals surface area contributed by atoms with Crippen LogP contribution >= 0.6 is 0 Å². The van der Waals surface area contributed by atoms with Crippen molar-refractivity contribution in [1.29, 1.82) is 0 Å². The molecule has 0 aliphatic rings. The van der Waals surface area contributed by atoms with Gasteiger partial charge in [0.05, 0.1) is 11.9 Å². The molecular weight excluding hydrogens is 216 g/mol. The van der Waals surface area contributed by atoms with E-state index < -0.39 is 10.0 Å². The van der Waals surface area contributed by atoms with E-state index in [1.807, 2.05) is 13.8 Å². The quantitative estimate of drug-likeness (QED) is 0.557. The summed E-state index contributed by atoms with van der Waals surface area (Å²) in [4.78, 5) is 0. The van der Waals surface area contributed by atoms with E-state index >= 15 is 0 Å². The molecule has 0 aliphatic carbocycles. The van der Waals surface area contributed by atoms with Gasteiger partial charge >= 0.3 is 0 Å². The number of unbranched alkanes of at least 4 members (excludes halogenated alkanes) is 1. The predicted octanol–water partition coefficient (Wildman–Crippen LogP) is 0.0697. The third-order valence-corrected chi connectivity index (χ3v) is 2.54. The van der Waals surface area contributed by atoms with Crippen LogP contribution in [0.25, 0.3) is 0 Å². The van der Waals surface area contributed by atoms with Gasteiger partial charge in [0.2, 0.25) is 10.0 Å². The Hall–Kier alpha value is -0.170. The second-order valence-electron chi connectivity index (χ2n) is 3.74. The minimum Gasteiger partial charge on any atom is -0.379 e. The highest BCUT2D eigenvalue weighted by atomic mass is 32.2. The molecule has 0 radical (unpaired) electrons. The third kappa shape index (κ3) is 13.8. The molecule has 0 aliphatic heterocycles. The topological polar surface area (TPSA) is 81.4 Å². The maximum atomic E-state index is 10.6. The number of hydrogen-bond donors (Lipinski definition) is 2. The van der Waals surface area contributed by atoms with E-state index in [1.165, 1.54) is 0 Å². The summed E-state index contributed by atoms with van der Waals surface area (Å²) in [5.41, 5.74) is 0. The monoisotopic (exact) mass is 238 g/mol. The van der Waals surface area contributed by atoms with E-state index in [0.29, 0.717) is 6.54 Å². The number of ether oxygens (including phenoxy) is 1. The Bertz CT molecular complexity index is 240. The molecule has 6 heteroatoms. The average Bonchev–Trinajstić information content (AvgIpc) is 2.07. The molecule has 0 aromatic rings. The van der Waals surface area contributed by atoms with Crippen LogP contribution in [0, 0.1) is 0 Å². The maximum absolute atomic E-state index is 10.6. The van der Waals surface area contributed by atoms with E-state index in [2.05, 4.69) is 5.32 Å². The molecule has 0 aromatic heterocycles. The smallest absolute Gasteiger partial charge is 0.210 e. The van der Waals surface area contributed by atoms with E-state index in [4.69, 9.17) is 9.88 Å². The minimum absolute atomic E-state index is 0.00447. The van der Waals surface area contributed by atoms with Gasteiger partial charge in [-0.1, -0.05) is 0 Å². The number of primary sulfonamides is 1. The van der Waals surface area contributed by atoms with Gasteiger partial charge in [0.25, 0.3) is 0 Å². The van der Waals surface area contributed by atoms with Crippen LogP contribution in [0.5, 0.6) is 0 Å². The standard InChI is InChI=1S/C9H22N2O3S/c1-9(2)14-7-4-3-5-11-6-8-15(10,12)13/h9,11H,3-8H2,1-2H3,(H2,10,12,13). The van der Waals surface area contributed by atoms with Crippen LogP contribution in [0.4, 0.5) is 0 Å². The van der Waals surface area contributed by atoms with Crippen molar-refractivity contribution in [2.75, 3.05) is 25.4 Å². The van der Waals surface area contributed by atoms with E-state index in [0.717, 1.165) is 26.0 Å². The van der Waals surface area contributed by atoms with Gasteiger partial charge in [0.15, 0.2) is 0 Å². The summed E-state index contributed by atoms with van der Waals surface area (Å²) in [5, 5.41) is 7.86. The molecule has 92 valence electrons. The number of sulfonamides is 1. The van der Waals surface area contributed by atoms with Crippen molar-refractivity contribution < 1.29 is 13.2 Å². The lowest BCUT2D eigenvalue weighted by molar-refractivity contribution is 0.0761. The molecule has 0 rings (SSSR count). The summed E-state index contributed by atoms with van der Waals surface area (Å²) in [5.74, 6) is -0.00447. The molecule has 0 saturated carbocycles. The van der Waals surface area contributed by atoms with Crippen molar-refractivity contribution >= 4 is 10.0 Å². The van der Waals surface area contributed by atoms with Crippen molar-refractivity contribution in [3.05, 3.63) is 0 Å². The normalized spacial score (nSPS) is 12.3. The highest BCUT2D eigenvalue weighted by Gasteiger charge is 2.00. The van der Waals surface area contributed by atoms with Crippen molar-refractivity contribution in [3.8, 4) is 0 Å². The Morgan fingerprint density at radius 3 is 2.47 bits per heavy atom. The van der Waals surface area contributed by atoms with Crippen molar-refractivity contribution in [2.45, 2.75) is 32.8 Å². The summed E-state index contributed by atoms with van der Waals surface area (Å²) in [6.45, 7) is 5.99. The zero-order valence-corrected chi connectivity index (χ0v) is 10.3. The fourth-order valence-electron chi connectivity index (χ4n) is 1.01. The number of hydrogen-bond acceptors (Lipinski definition) is 4. The highest BCUT2D eigenvalue weighted by molar-refractivity contribution is 7.89. The van der Waals surface area contributed by atoms with Crippen LogP contribution in [-0.2, 0) is 14.8 Å². The van der Waals surface area contributed by atoms with Gasteiger partial charge in [-0.05, 0) is 33.2 Å². The summed E-state index contributed by atoms with van der Waals surface area (Å²) in [7, 11) is -3.32. The van der Waals surface area contributed by atoms with Crippen LogP contribution in [0.2, 0.25) is 0 Å². The van der Waals surface area contributed by atoms with E-state index in [1.54, 1.807) is 0 Å². The summed E-state index contributed by atoms with van der Waals surface area (Å²) in [6, 6.07) is 0. The highest BCUT2D eigenvalue weighted by Crippen LogP contribution is 1.93. The lowest BCUT2D eigenvalue weighted by atomic mass is 10.3. The van der Waals surface area contributed by atoms with Gasteiger partial charge in [0, 0.05) is 13.2 Å². The minimum atomic E-state index is -3.32. The summed E-state index contributed by atoms with van der Waals surface area (Å²) in [6.07, 6.45) is 2.25. The molecule has 15 heavy (non-hydrogen) atoms. The van der Waals surface area contributed by atoms with Crippen LogP contribution in [-0.4, -0.2) is 40.0 Å². The number of rotatable bonds is 9. The van der Waals surface area contributed by atoms with E-state index in [9.17, 15) is 8.42 Å². The molecule has 3 N–H and O–H groups in total. The number of nitrogens with two attached hydrogens (primary N) is 1. The first kappa shape index (κ1) is 14.8. The predicted molar refractivity (Wildman–Crippen MR) is 61.2 cm³/mol. The van der Waals surface area contributed by atoms with Crippen LogP contribution in [0.15, 0.2) is 0 Å². The largest absolute Gasteiger partial charge is 0.379 e. The van der Waals surface area contributed by atoms with Crippen LogP contribution < -0.4 is 10.5 Å². The fourth-order valence-corrected chi connectivity index (χ4v) is 1.44. The molecule has 0 atom stereocenters. The van der Waals surface area contributed by atoms with Gasteiger partial charge in [0.1, 0.15) is 0 Å². The molecule has 0 fully saturated rings. The Balaban J connectivity index is 3.12. The summed E-state index contributed by atoms with van der Waals surface area (Å²) < 4.78 is 26.5. The molecule has 0 spiro atoms. The van der Waals surface area contributed by atoms with Crippen molar-refractivity contribution in [2.24, 2.45) is 5.14 Å². The van der Waals surface area contributed by atoms with Gasteiger partial charge in [-0.25, -0.2) is 13.6 Å². The first-order valence-corrected chi connectivity index (χ1v) is 6.96. The zero-order chi connectivity index (χ0) is 11.7. The molecule has 0 bridgehead atoms. The van der Waals surface area contributed by atoms with Crippen molar-refractivity contribution in [1.82, 2.24) is 5.32 Å². The first-order chi connectivity index (χ1) is 6.92. The molecular formula is C9H22N2O3S. The molecule has 5 nitrogen and oxygen atoms in total. The first-order valence-electron chi connectivity index (χ1n) is 5.24. The average molecular weight is 238 g/mol. The second-order valence-corrected chi connectivity index (χ2v) is 5.48. The van der Waals surface area contributed by atoms with Crippen molar-refractivity contribution in [3.63, 3.8) is 0 Å². The second kappa shape index (κ2) is 8.04.